The molecule has 0 radical (unpaired) electrons. The molecule has 0 aliphatic heterocycles. The lowest BCUT2D eigenvalue weighted by molar-refractivity contribution is -0.00879. The zero-order valence-electron chi connectivity index (χ0n) is 14.3. The summed E-state index contributed by atoms with van der Waals surface area (Å²) in [6, 6.07) is 5.54. The smallest absolute Gasteiger partial charge is 0.364 e. The van der Waals surface area contributed by atoms with E-state index in [4.69, 9.17) is 27.9 Å². The second-order valence-corrected chi connectivity index (χ2v) is 7.51. The molecule has 0 amide bonds. The minimum absolute atomic E-state index is 0.524. The molecule has 4 rings (SSSR count). The summed E-state index contributed by atoms with van der Waals surface area (Å²) < 4.78 is 5.93. The van der Waals surface area contributed by atoms with Gasteiger partial charge >= 0.3 is 5.71 Å². The van der Waals surface area contributed by atoms with Crippen LogP contribution in [-0.4, -0.2) is 17.1 Å². The Morgan fingerprint density at radius 2 is 2.04 bits per heavy atom. The van der Waals surface area contributed by atoms with Crippen LogP contribution >= 0.6 is 23.2 Å². The predicted octanol–water partition coefficient (Wildman–Crippen LogP) is 5.86. The van der Waals surface area contributed by atoms with Crippen LogP contribution in [0.2, 0.25) is 10.0 Å². The molecule has 3 nitrogen and oxygen atoms in total. The maximum Gasteiger partial charge on any atom is 0.364 e. The van der Waals surface area contributed by atoms with Gasteiger partial charge in [0.2, 0.25) is 5.76 Å². The summed E-state index contributed by atoms with van der Waals surface area (Å²) in [5.74, 6) is 0.627. The van der Waals surface area contributed by atoms with Crippen molar-refractivity contribution in [3.05, 3.63) is 85.6 Å². The number of allylic oxidation sites excluding steroid dienone is 7. The van der Waals surface area contributed by atoms with E-state index in [-0.39, 0.29) is 0 Å². The molecule has 0 spiro atoms. The number of rotatable bonds is 5. The molecule has 5 heteroatoms. The third-order valence-electron chi connectivity index (χ3n) is 5.03. The Morgan fingerprint density at radius 3 is 2.85 bits per heavy atom. The first-order chi connectivity index (χ1) is 12.7. The summed E-state index contributed by atoms with van der Waals surface area (Å²) in [7, 11) is 0. The average molecular weight is 385 g/mol. The number of aryl methyl sites for hydroxylation is 1. The van der Waals surface area contributed by atoms with Crippen molar-refractivity contribution in [1.29, 1.82) is 0 Å². The quantitative estimate of drug-likeness (QED) is 0.356. The number of hydrogen-bond acceptors (Lipinski definition) is 1. The van der Waals surface area contributed by atoms with E-state index in [0.717, 1.165) is 42.4 Å². The molecule has 0 aromatic heterocycles. The van der Waals surface area contributed by atoms with Crippen molar-refractivity contribution in [2.75, 3.05) is 6.61 Å². The zero-order valence-corrected chi connectivity index (χ0v) is 15.8. The largest absolute Gasteiger partial charge is 0.486 e. The first-order valence-corrected chi connectivity index (χ1v) is 9.59. The molecule has 0 N–H and O–H groups in total. The topological polar surface area (TPSA) is 45.6 Å². The Hall–Kier alpha value is -2.06. The molecule has 1 aromatic rings. The number of benzene rings is 1. The van der Waals surface area contributed by atoms with Crippen molar-refractivity contribution in [3.8, 4) is 0 Å². The molecule has 26 heavy (non-hydrogen) atoms. The summed E-state index contributed by atoms with van der Waals surface area (Å²) in [5, 5.41) is 1.32. The molecule has 0 heterocycles. The lowest BCUT2D eigenvalue weighted by Crippen LogP contribution is -2.16. The van der Waals surface area contributed by atoms with E-state index in [1.165, 1.54) is 17.6 Å². The van der Waals surface area contributed by atoms with E-state index >= 15 is 0 Å². The van der Waals surface area contributed by atoms with E-state index in [0.29, 0.717) is 28.1 Å². The van der Waals surface area contributed by atoms with E-state index in [1.807, 2.05) is 24.3 Å². The molecule has 1 aromatic carbocycles. The van der Waals surface area contributed by atoms with Gasteiger partial charge in [-0.05, 0) is 72.6 Å². The summed E-state index contributed by atoms with van der Waals surface area (Å²) >= 11 is 12.1. The van der Waals surface area contributed by atoms with Crippen molar-refractivity contribution in [3.63, 3.8) is 0 Å². The third-order valence-corrected chi connectivity index (χ3v) is 5.62. The van der Waals surface area contributed by atoms with Crippen LogP contribution in [0, 0.1) is 0 Å². The molecular weight excluding hydrogens is 367 g/mol. The number of halogens is 2. The SMILES string of the molecule is [N-]=[N+]=C1C(OCCCc2ccc(Cl)cc2Cl)=CC=C2C=C3CCCC3=C21. The normalized spacial score (nSPS) is 18.1. The van der Waals surface area contributed by atoms with Crippen LogP contribution in [0.1, 0.15) is 31.2 Å². The lowest BCUT2D eigenvalue weighted by Gasteiger charge is -2.13. The molecule has 0 atom stereocenters. The lowest BCUT2D eigenvalue weighted by atomic mass is 9.94. The first-order valence-electron chi connectivity index (χ1n) is 8.83. The van der Waals surface area contributed by atoms with E-state index in [1.54, 1.807) is 6.07 Å². The fourth-order valence-electron chi connectivity index (χ4n) is 3.81. The van der Waals surface area contributed by atoms with Gasteiger partial charge in [-0.3, -0.25) is 0 Å². The maximum absolute atomic E-state index is 9.58. The van der Waals surface area contributed by atoms with Crippen molar-refractivity contribution < 1.29 is 9.53 Å². The van der Waals surface area contributed by atoms with Crippen LogP contribution in [-0.2, 0) is 11.2 Å². The Labute approximate surface area is 162 Å². The van der Waals surface area contributed by atoms with Gasteiger partial charge in [0.25, 0.3) is 0 Å². The molecule has 3 aliphatic carbocycles. The second kappa shape index (κ2) is 7.28. The minimum atomic E-state index is 0.524. The van der Waals surface area contributed by atoms with Crippen molar-refractivity contribution in [2.24, 2.45) is 0 Å². The fraction of sp³-hybridized carbons (Fsp3) is 0.286. The average Bonchev–Trinajstić information content (AvgIpc) is 3.21. The number of hydrogen-bond donors (Lipinski definition) is 0. The van der Waals surface area contributed by atoms with E-state index in [9.17, 15) is 5.53 Å². The van der Waals surface area contributed by atoms with Gasteiger partial charge in [0.15, 0.2) is 0 Å². The summed E-state index contributed by atoms with van der Waals surface area (Å²) in [4.78, 5) is 3.55. The minimum Gasteiger partial charge on any atom is -0.486 e. The van der Waals surface area contributed by atoms with Crippen molar-refractivity contribution in [1.82, 2.24) is 0 Å². The number of nitrogens with zero attached hydrogens (tertiary/aromatic N) is 2. The van der Waals surface area contributed by atoms with Crippen molar-refractivity contribution >= 4 is 28.9 Å². The highest BCUT2D eigenvalue weighted by atomic mass is 35.5. The molecule has 1 saturated carbocycles. The predicted molar refractivity (Wildman–Crippen MR) is 104 cm³/mol. The van der Waals surface area contributed by atoms with Gasteiger partial charge in [-0.2, -0.15) is 4.79 Å². The van der Waals surface area contributed by atoms with Gasteiger partial charge in [-0.1, -0.05) is 41.4 Å². The first kappa shape index (κ1) is 17.4. The van der Waals surface area contributed by atoms with Gasteiger partial charge in [0, 0.05) is 10.0 Å². The number of ether oxygens (including phenoxy) is 1. The van der Waals surface area contributed by atoms with Crippen LogP contribution in [0.4, 0.5) is 0 Å². The van der Waals surface area contributed by atoms with Gasteiger partial charge in [0.1, 0.15) is 0 Å². The van der Waals surface area contributed by atoms with Crippen LogP contribution in [0.15, 0.2) is 64.5 Å². The number of fused-ring (bicyclic) bond motifs is 2. The zero-order chi connectivity index (χ0) is 18.1. The molecule has 0 saturated heterocycles. The van der Waals surface area contributed by atoms with Crippen LogP contribution in [0.3, 0.4) is 0 Å². The third kappa shape index (κ3) is 3.19. The fourth-order valence-corrected chi connectivity index (χ4v) is 4.31. The standard InChI is InChI=1S/C21H18Cl2N2O/c22-16-8-6-13(18(23)12-16)4-2-10-26-19-9-7-15-11-14-3-1-5-17(14)20(15)21(19)25-24/h6-9,11-12H,1-5,10H2. The Balaban J connectivity index is 1.41. The molecule has 132 valence electrons. The summed E-state index contributed by atoms with van der Waals surface area (Å²) in [6.07, 6.45) is 11.1. The molecular formula is C21H18Cl2N2O. The molecule has 3 aliphatic rings. The van der Waals surface area contributed by atoms with E-state index in [2.05, 4.69) is 10.9 Å². The van der Waals surface area contributed by atoms with Gasteiger partial charge < -0.3 is 10.3 Å². The Bertz CT molecular complexity index is 947. The monoisotopic (exact) mass is 384 g/mol. The molecule has 1 fully saturated rings. The highest BCUT2D eigenvalue weighted by Gasteiger charge is 2.36. The summed E-state index contributed by atoms with van der Waals surface area (Å²) in [6.45, 7) is 0.524. The highest BCUT2D eigenvalue weighted by molar-refractivity contribution is 6.35. The van der Waals surface area contributed by atoms with Gasteiger partial charge in [-0.25, -0.2) is 0 Å². The molecule has 0 bridgehead atoms. The second-order valence-electron chi connectivity index (χ2n) is 6.67. The molecule has 0 unspecified atom stereocenters. The van der Waals surface area contributed by atoms with Crippen LogP contribution in [0.25, 0.3) is 5.53 Å². The van der Waals surface area contributed by atoms with Crippen LogP contribution < -0.4 is 0 Å². The highest BCUT2D eigenvalue weighted by Crippen LogP contribution is 2.43. The Kier molecular flexibility index (Phi) is 4.86. The van der Waals surface area contributed by atoms with E-state index < -0.39 is 0 Å². The Morgan fingerprint density at radius 1 is 1.15 bits per heavy atom. The van der Waals surface area contributed by atoms with Gasteiger partial charge in [-0.15, -0.1) is 0 Å². The maximum atomic E-state index is 9.58. The summed E-state index contributed by atoms with van der Waals surface area (Å²) in [5.41, 5.74) is 16.0. The van der Waals surface area contributed by atoms with Crippen molar-refractivity contribution in [2.45, 2.75) is 32.1 Å². The van der Waals surface area contributed by atoms with Gasteiger partial charge in [0.05, 0.1) is 12.2 Å². The van der Waals surface area contributed by atoms with Crippen LogP contribution in [0.5, 0.6) is 0 Å².